The smallest absolute Gasteiger partial charge is 0.312 e. The van der Waals surface area contributed by atoms with Crippen LogP contribution in [0.15, 0.2) is 22.7 Å². The third-order valence-electron chi connectivity index (χ3n) is 2.55. The van der Waals surface area contributed by atoms with Crippen molar-refractivity contribution in [3.8, 4) is 5.75 Å². The van der Waals surface area contributed by atoms with Crippen LogP contribution in [0.1, 0.15) is 12.5 Å². The largest absolute Gasteiger partial charge is 0.492 e. The summed E-state index contributed by atoms with van der Waals surface area (Å²) in [6, 6.07) is 5.84. The Morgan fingerprint density at radius 3 is 3.19 bits per heavy atom. The first-order valence-corrected chi connectivity index (χ1v) is 6.08. The molecule has 0 N–H and O–H groups in total. The van der Waals surface area contributed by atoms with Gasteiger partial charge in [-0.1, -0.05) is 15.9 Å². The minimum absolute atomic E-state index is 0.173. The van der Waals surface area contributed by atoms with Gasteiger partial charge in [0.2, 0.25) is 0 Å². The summed E-state index contributed by atoms with van der Waals surface area (Å²) >= 11 is 3.41. The molecule has 1 heterocycles. The Labute approximate surface area is 103 Å². The van der Waals surface area contributed by atoms with Crippen molar-refractivity contribution in [3.05, 3.63) is 28.2 Å². The normalized spacial score (nSPS) is 18.5. The highest BCUT2D eigenvalue weighted by Crippen LogP contribution is 2.30. The highest BCUT2D eigenvalue weighted by Gasteiger charge is 2.26. The molecule has 0 saturated heterocycles. The van der Waals surface area contributed by atoms with Gasteiger partial charge in [-0.2, -0.15) is 0 Å². The minimum atomic E-state index is -0.179. The van der Waals surface area contributed by atoms with E-state index in [1.165, 1.54) is 0 Å². The number of benzene rings is 1. The summed E-state index contributed by atoms with van der Waals surface area (Å²) in [4.78, 5) is 11.6. The number of ether oxygens (including phenoxy) is 2. The molecule has 1 atom stereocenters. The Hall–Kier alpha value is -1.03. The van der Waals surface area contributed by atoms with Crippen LogP contribution in [0, 0.1) is 5.92 Å². The number of hydrogen-bond acceptors (Lipinski definition) is 3. The Kier molecular flexibility index (Phi) is 3.49. The van der Waals surface area contributed by atoms with E-state index >= 15 is 0 Å². The van der Waals surface area contributed by atoms with Crippen molar-refractivity contribution in [2.45, 2.75) is 13.3 Å². The maximum Gasteiger partial charge on any atom is 0.312 e. The van der Waals surface area contributed by atoms with Gasteiger partial charge in [0.25, 0.3) is 0 Å². The van der Waals surface area contributed by atoms with Crippen LogP contribution >= 0.6 is 15.9 Å². The Morgan fingerprint density at radius 2 is 2.44 bits per heavy atom. The molecule has 0 amide bonds. The fraction of sp³-hybridized carbons (Fsp3) is 0.417. The first kappa shape index (κ1) is 11.5. The van der Waals surface area contributed by atoms with Gasteiger partial charge in [-0.25, -0.2) is 0 Å². The summed E-state index contributed by atoms with van der Waals surface area (Å²) in [5.41, 5.74) is 1.05. The lowest BCUT2D eigenvalue weighted by Crippen LogP contribution is -2.29. The highest BCUT2D eigenvalue weighted by atomic mass is 79.9. The zero-order chi connectivity index (χ0) is 11.5. The number of hydrogen-bond donors (Lipinski definition) is 0. The van der Waals surface area contributed by atoms with Crippen LogP contribution in [0.3, 0.4) is 0 Å². The van der Waals surface area contributed by atoms with Crippen LogP contribution in [0.4, 0.5) is 0 Å². The molecule has 1 unspecified atom stereocenters. The fourth-order valence-electron chi connectivity index (χ4n) is 1.77. The van der Waals surface area contributed by atoms with Crippen LogP contribution < -0.4 is 4.74 Å². The van der Waals surface area contributed by atoms with Gasteiger partial charge in [-0.05, 0) is 37.1 Å². The topological polar surface area (TPSA) is 35.5 Å². The number of carbonyl (C=O) groups excluding carboxylic acids is 1. The average molecular weight is 285 g/mol. The SMILES string of the molecule is CCOC(=O)C1COc2ccc(Br)cc2C1. The van der Waals surface area contributed by atoms with Crippen molar-refractivity contribution in [3.63, 3.8) is 0 Å². The monoisotopic (exact) mass is 284 g/mol. The van der Waals surface area contributed by atoms with Crippen LogP contribution in [-0.2, 0) is 16.0 Å². The van der Waals surface area contributed by atoms with E-state index < -0.39 is 0 Å². The quantitative estimate of drug-likeness (QED) is 0.783. The summed E-state index contributed by atoms with van der Waals surface area (Å²) < 4.78 is 11.5. The van der Waals surface area contributed by atoms with E-state index in [2.05, 4.69) is 15.9 Å². The van der Waals surface area contributed by atoms with Crippen LogP contribution in [0.2, 0.25) is 0 Å². The van der Waals surface area contributed by atoms with Gasteiger partial charge in [0.1, 0.15) is 12.4 Å². The lowest BCUT2D eigenvalue weighted by Gasteiger charge is -2.23. The molecule has 0 aromatic heterocycles. The zero-order valence-electron chi connectivity index (χ0n) is 9.03. The minimum Gasteiger partial charge on any atom is -0.492 e. The number of halogens is 1. The molecule has 86 valence electrons. The van der Waals surface area contributed by atoms with Gasteiger partial charge in [0.05, 0.1) is 12.5 Å². The van der Waals surface area contributed by atoms with Gasteiger partial charge in [-0.3, -0.25) is 4.79 Å². The Bertz CT molecular complexity index is 403. The average Bonchev–Trinajstić information content (AvgIpc) is 2.28. The van der Waals surface area contributed by atoms with Gasteiger partial charge in [0.15, 0.2) is 0 Å². The first-order chi connectivity index (χ1) is 7.70. The predicted molar refractivity (Wildman–Crippen MR) is 63.5 cm³/mol. The summed E-state index contributed by atoms with van der Waals surface area (Å²) in [6.45, 7) is 2.64. The second kappa shape index (κ2) is 4.87. The van der Waals surface area contributed by atoms with Crippen molar-refractivity contribution in [2.24, 2.45) is 5.92 Å². The molecule has 4 heteroatoms. The molecule has 3 nitrogen and oxygen atoms in total. The lowest BCUT2D eigenvalue weighted by molar-refractivity contribution is -0.149. The Balaban J connectivity index is 2.13. The van der Waals surface area contributed by atoms with E-state index in [0.29, 0.717) is 19.6 Å². The fourth-order valence-corrected chi connectivity index (χ4v) is 2.18. The van der Waals surface area contributed by atoms with Gasteiger partial charge in [0, 0.05) is 4.47 Å². The second-order valence-corrected chi connectivity index (χ2v) is 4.63. The molecule has 1 aromatic rings. The van der Waals surface area contributed by atoms with E-state index in [1.54, 1.807) is 0 Å². The summed E-state index contributed by atoms with van der Waals surface area (Å²) in [7, 11) is 0. The third-order valence-corrected chi connectivity index (χ3v) is 3.04. The summed E-state index contributed by atoms with van der Waals surface area (Å²) in [5.74, 6) is 0.513. The number of fused-ring (bicyclic) bond motifs is 1. The summed E-state index contributed by atoms with van der Waals surface area (Å²) in [5, 5.41) is 0. The molecule has 2 rings (SSSR count). The van der Waals surface area contributed by atoms with Crippen molar-refractivity contribution < 1.29 is 14.3 Å². The third kappa shape index (κ3) is 2.38. The molecule has 0 radical (unpaired) electrons. The predicted octanol–water partition coefficient (Wildman–Crippen LogP) is 2.56. The number of esters is 1. The van der Waals surface area contributed by atoms with Crippen molar-refractivity contribution in [1.82, 2.24) is 0 Å². The van der Waals surface area contributed by atoms with E-state index in [9.17, 15) is 4.79 Å². The van der Waals surface area contributed by atoms with E-state index in [0.717, 1.165) is 15.8 Å². The molecule has 0 saturated carbocycles. The van der Waals surface area contributed by atoms with E-state index in [1.807, 2.05) is 25.1 Å². The maximum atomic E-state index is 11.6. The van der Waals surface area contributed by atoms with Crippen molar-refractivity contribution >= 4 is 21.9 Å². The number of rotatable bonds is 2. The molecular formula is C12H13BrO3. The first-order valence-electron chi connectivity index (χ1n) is 5.28. The van der Waals surface area contributed by atoms with Crippen LogP contribution in [-0.4, -0.2) is 19.2 Å². The molecule has 16 heavy (non-hydrogen) atoms. The Morgan fingerprint density at radius 1 is 1.62 bits per heavy atom. The molecule has 0 bridgehead atoms. The molecular weight excluding hydrogens is 272 g/mol. The zero-order valence-corrected chi connectivity index (χ0v) is 10.6. The van der Waals surface area contributed by atoms with E-state index in [-0.39, 0.29) is 11.9 Å². The van der Waals surface area contributed by atoms with Crippen molar-refractivity contribution in [2.75, 3.05) is 13.2 Å². The molecule has 1 aromatic carbocycles. The highest BCUT2D eigenvalue weighted by molar-refractivity contribution is 9.10. The number of carbonyl (C=O) groups is 1. The molecule has 0 fully saturated rings. The van der Waals surface area contributed by atoms with Crippen LogP contribution in [0.25, 0.3) is 0 Å². The van der Waals surface area contributed by atoms with E-state index in [4.69, 9.17) is 9.47 Å². The van der Waals surface area contributed by atoms with Crippen molar-refractivity contribution in [1.29, 1.82) is 0 Å². The van der Waals surface area contributed by atoms with Gasteiger partial charge in [-0.15, -0.1) is 0 Å². The molecule has 1 aliphatic rings. The van der Waals surface area contributed by atoms with Gasteiger partial charge >= 0.3 is 5.97 Å². The van der Waals surface area contributed by atoms with Gasteiger partial charge < -0.3 is 9.47 Å². The molecule has 0 spiro atoms. The second-order valence-electron chi connectivity index (χ2n) is 3.72. The van der Waals surface area contributed by atoms with Crippen LogP contribution in [0.5, 0.6) is 5.75 Å². The molecule has 0 aliphatic carbocycles. The standard InChI is InChI=1S/C12H13BrO3/c1-2-15-12(14)9-5-8-6-10(13)3-4-11(8)16-7-9/h3-4,6,9H,2,5,7H2,1H3. The lowest BCUT2D eigenvalue weighted by atomic mass is 9.97. The summed E-state index contributed by atoms with van der Waals surface area (Å²) in [6.07, 6.45) is 0.688. The molecule has 1 aliphatic heterocycles. The maximum absolute atomic E-state index is 11.6.